The molecule has 0 saturated carbocycles. The van der Waals surface area contributed by atoms with Crippen LogP contribution in [0.3, 0.4) is 0 Å². The van der Waals surface area contributed by atoms with E-state index in [2.05, 4.69) is 174 Å². The van der Waals surface area contributed by atoms with Crippen molar-refractivity contribution in [3.05, 3.63) is 194 Å². The van der Waals surface area contributed by atoms with E-state index in [1.165, 1.54) is 76.7 Å². The number of hydrogen-bond acceptors (Lipinski definition) is 1. The lowest BCUT2D eigenvalue weighted by Gasteiger charge is -2.12. The Hall–Kier alpha value is -6.64. The van der Waals surface area contributed by atoms with Crippen molar-refractivity contribution in [2.75, 3.05) is 0 Å². The minimum Gasteiger partial charge on any atom is -0.398 e. The molecule has 2 nitrogen and oxygen atoms in total. The van der Waals surface area contributed by atoms with Crippen LogP contribution in [0.2, 0.25) is 0 Å². The van der Waals surface area contributed by atoms with Gasteiger partial charge in [0.05, 0.1) is 11.0 Å². The summed E-state index contributed by atoms with van der Waals surface area (Å²) in [4.78, 5) is 0. The van der Waals surface area contributed by atoms with Gasteiger partial charge in [0.25, 0.3) is 0 Å². The number of allylic oxidation sites excluding steroid dienone is 3. The first-order valence-corrected chi connectivity index (χ1v) is 17.5. The van der Waals surface area contributed by atoms with Crippen LogP contribution in [0.1, 0.15) is 12.5 Å². The molecule has 0 radical (unpaired) electrons. The fraction of sp³-hybridized carbons (Fsp3) is 0.0204. The molecule has 2 heteroatoms. The number of nitrogens with zero attached hydrogens (tertiary/aromatic N) is 1. The normalized spacial score (nSPS) is 12.1. The Kier molecular flexibility index (Phi) is 7.56. The zero-order valence-corrected chi connectivity index (χ0v) is 28.4. The molecule has 0 aliphatic carbocycles. The van der Waals surface area contributed by atoms with E-state index in [9.17, 15) is 0 Å². The van der Waals surface area contributed by atoms with Gasteiger partial charge in [0.1, 0.15) is 0 Å². The number of fused-ring (bicyclic) bond motifs is 6. The number of rotatable bonds is 6. The predicted molar refractivity (Wildman–Crippen MR) is 219 cm³/mol. The molecular weight excluding hydrogens is 617 g/mol. The third-order valence-electron chi connectivity index (χ3n) is 10.1. The lowest BCUT2D eigenvalue weighted by molar-refractivity contribution is 1.19. The highest BCUT2D eigenvalue weighted by Crippen LogP contribution is 2.40. The number of para-hydroxylation sites is 1. The second kappa shape index (κ2) is 12.7. The molecule has 9 rings (SSSR count). The van der Waals surface area contributed by atoms with Crippen molar-refractivity contribution in [3.8, 4) is 39.1 Å². The number of benzene rings is 8. The maximum Gasteiger partial charge on any atom is 0.0619 e. The first-order chi connectivity index (χ1) is 25.1. The SMILES string of the molecule is C/C=C\C=C(/N)c1ccc2ccc(-c3ccc4c(ccc5c6ccc(-c7ccc(-c8ccccc8)cc7)cc6n(-c6ccccc6)c45)c3)cc2c1. The van der Waals surface area contributed by atoms with E-state index in [1.54, 1.807) is 0 Å². The Labute approximate surface area is 298 Å². The molecule has 51 heavy (non-hydrogen) atoms. The van der Waals surface area contributed by atoms with Crippen molar-refractivity contribution < 1.29 is 0 Å². The Morgan fingerprint density at radius 1 is 0.471 bits per heavy atom. The van der Waals surface area contributed by atoms with E-state index in [-0.39, 0.29) is 0 Å². The fourth-order valence-corrected chi connectivity index (χ4v) is 7.43. The van der Waals surface area contributed by atoms with Crippen LogP contribution in [-0.4, -0.2) is 4.57 Å². The Morgan fingerprint density at radius 3 is 1.76 bits per heavy atom. The van der Waals surface area contributed by atoms with E-state index < -0.39 is 0 Å². The summed E-state index contributed by atoms with van der Waals surface area (Å²) in [5.41, 5.74) is 19.0. The van der Waals surface area contributed by atoms with E-state index in [4.69, 9.17) is 5.73 Å². The molecule has 0 atom stereocenters. The summed E-state index contributed by atoms with van der Waals surface area (Å²) < 4.78 is 2.44. The summed E-state index contributed by atoms with van der Waals surface area (Å²) in [6, 6.07) is 61.7. The quantitative estimate of drug-likeness (QED) is 0.178. The highest BCUT2D eigenvalue weighted by Gasteiger charge is 2.17. The summed E-state index contributed by atoms with van der Waals surface area (Å²) in [5.74, 6) is 0. The molecule has 0 aliphatic rings. The minimum absolute atomic E-state index is 0.761. The molecule has 0 unspecified atom stereocenters. The van der Waals surface area contributed by atoms with Crippen LogP contribution in [0.15, 0.2) is 188 Å². The number of hydrogen-bond donors (Lipinski definition) is 1. The second-order valence-corrected chi connectivity index (χ2v) is 13.2. The Morgan fingerprint density at radius 2 is 1.02 bits per heavy atom. The largest absolute Gasteiger partial charge is 0.398 e. The molecule has 0 bridgehead atoms. The van der Waals surface area contributed by atoms with Crippen molar-refractivity contribution in [2.24, 2.45) is 5.73 Å². The van der Waals surface area contributed by atoms with Gasteiger partial charge in [0, 0.05) is 27.5 Å². The maximum atomic E-state index is 6.38. The number of nitrogens with two attached hydrogens (primary N) is 1. The van der Waals surface area contributed by atoms with Crippen LogP contribution in [-0.2, 0) is 0 Å². The second-order valence-electron chi connectivity index (χ2n) is 13.2. The first-order valence-electron chi connectivity index (χ1n) is 17.5. The summed E-state index contributed by atoms with van der Waals surface area (Å²) in [6.45, 7) is 2.00. The molecule has 0 spiro atoms. The third kappa shape index (κ3) is 5.48. The molecular formula is C49H36N2. The van der Waals surface area contributed by atoms with Crippen LogP contribution in [0.25, 0.3) is 88.1 Å². The van der Waals surface area contributed by atoms with E-state index >= 15 is 0 Å². The average Bonchev–Trinajstić information content (AvgIpc) is 3.54. The lowest BCUT2D eigenvalue weighted by atomic mass is 9.96. The van der Waals surface area contributed by atoms with Gasteiger partial charge in [-0.1, -0.05) is 146 Å². The highest BCUT2D eigenvalue weighted by atomic mass is 15.0. The van der Waals surface area contributed by atoms with Crippen LogP contribution in [0, 0.1) is 0 Å². The molecule has 1 aromatic heterocycles. The topological polar surface area (TPSA) is 30.9 Å². The zero-order valence-electron chi connectivity index (χ0n) is 28.4. The van der Waals surface area contributed by atoms with Crippen molar-refractivity contribution >= 4 is 49.0 Å². The Bertz CT molecular complexity index is 2780. The standard InChI is InChI=1S/C49H36N2/c1-2-3-14-47(50)41-22-20-36-19-21-37(30-42(36)31-41)38-23-26-44-40(29-38)25-28-46-45-27-24-39(32-48(45)51(49(44)46)43-12-8-5-9-13-43)35-17-15-34(16-18-35)33-10-6-4-7-11-33/h2-32H,50H2,1H3/b3-2-,47-14-. The van der Waals surface area contributed by atoms with Gasteiger partial charge in [0.15, 0.2) is 0 Å². The van der Waals surface area contributed by atoms with Gasteiger partial charge < -0.3 is 10.3 Å². The summed E-state index contributed by atoms with van der Waals surface area (Å²) in [6.07, 6.45) is 5.92. The van der Waals surface area contributed by atoms with Crippen LogP contribution < -0.4 is 5.73 Å². The van der Waals surface area contributed by atoms with Crippen LogP contribution >= 0.6 is 0 Å². The van der Waals surface area contributed by atoms with Crippen LogP contribution in [0.4, 0.5) is 0 Å². The van der Waals surface area contributed by atoms with Gasteiger partial charge in [-0.25, -0.2) is 0 Å². The minimum atomic E-state index is 0.761. The van der Waals surface area contributed by atoms with Gasteiger partial charge in [-0.05, 0) is 105 Å². The smallest absolute Gasteiger partial charge is 0.0619 e. The van der Waals surface area contributed by atoms with E-state index in [0.29, 0.717) is 0 Å². The van der Waals surface area contributed by atoms with Gasteiger partial charge in [0.2, 0.25) is 0 Å². The maximum absolute atomic E-state index is 6.38. The van der Waals surface area contributed by atoms with Gasteiger partial charge >= 0.3 is 0 Å². The average molecular weight is 653 g/mol. The molecule has 9 aromatic rings. The summed E-state index contributed by atoms with van der Waals surface area (Å²) in [5, 5.41) is 7.31. The monoisotopic (exact) mass is 652 g/mol. The molecule has 0 saturated heterocycles. The summed E-state index contributed by atoms with van der Waals surface area (Å²) >= 11 is 0. The Balaban J connectivity index is 1.17. The lowest BCUT2D eigenvalue weighted by Crippen LogP contribution is -1.95. The first kappa shape index (κ1) is 30.4. The molecule has 242 valence electrons. The van der Waals surface area contributed by atoms with Crippen LogP contribution in [0.5, 0.6) is 0 Å². The molecule has 8 aromatic carbocycles. The fourth-order valence-electron chi connectivity index (χ4n) is 7.43. The molecule has 0 amide bonds. The van der Waals surface area contributed by atoms with Crippen molar-refractivity contribution in [2.45, 2.75) is 6.92 Å². The van der Waals surface area contributed by atoms with Crippen molar-refractivity contribution in [1.82, 2.24) is 4.57 Å². The molecule has 1 heterocycles. The van der Waals surface area contributed by atoms with E-state index in [0.717, 1.165) is 16.9 Å². The van der Waals surface area contributed by atoms with Gasteiger partial charge in [-0.3, -0.25) is 0 Å². The van der Waals surface area contributed by atoms with E-state index in [1.807, 2.05) is 25.2 Å². The molecule has 0 aliphatic heterocycles. The van der Waals surface area contributed by atoms with Crippen molar-refractivity contribution in [1.29, 1.82) is 0 Å². The molecule has 2 N–H and O–H groups in total. The third-order valence-corrected chi connectivity index (χ3v) is 10.1. The molecule has 0 fully saturated rings. The van der Waals surface area contributed by atoms with Gasteiger partial charge in [-0.15, -0.1) is 0 Å². The highest BCUT2D eigenvalue weighted by molar-refractivity contribution is 6.19. The predicted octanol–water partition coefficient (Wildman–Crippen LogP) is 13.0. The van der Waals surface area contributed by atoms with Crippen molar-refractivity contribution in [3.63, 3.8) is 0 Å². The zero-order chi connectivity index (χ0) is 34.3. The summed E-state index contributed by atoms with van der Waals surface area (Å²) in [7, 11) is 0. The van der Waals surface area contributed by atoms with Gasteiger partial charge in [-0.2, -0.15) is 0 Å². The number of aromatic nitrogens is 1.